The summed E-state index contributed by atoms with van der Waals surface area (Å²) in [6.07, 6.45) is 2.82. The van der Waals surface area contributed by atoms with Crippen LogP contribution in [0.4, 0.5) is 11.4 Å². The quantitative estimate of drug-likeness (QED) is 0.244. The monoisotopic (exact) mass is 498 g/mol. The van der Waals surface area contributed by atoms with Gasteiger partial charge in [0.05, 0.1) is 6.61 Å². The zero-order valence-corrected chi connectivity index (χ0v) is 21.3. The molecule has 3 aromatic rings. The van der Waals surface area contributed by atoms with Crippen LogP contribution in [-0.2, 0) is 33.7 Å². The molecule has 1 amide bonds. The van der Waals surface area contributed by atoms with E-state index in [1.165, 1.54) is 0 Å². The van der Waals surface area contributed by atoms with Gasteiger partial charge in [0, 0.05) is 36.4 Å². The Morgan fingerprint density at radius 3 is 2.49 bits per heavy atom. The largest absolute Gasteiger partial charge is 0.465 e. The maximum atomic E-state index is 13.2. The molecule has 0 atom stereocenters. The van der Waals surface area contributed by atoms with E-state index >= 15 is 0 Å². The molecule has 192 valence electrons. The van der Waals surface area contributed by atoms with Crippen LogP contribution < -0.4 is 15.5 Å². The minimum absolute atomic E-state index is 0.0384. The lowest BCUT2D eigenvalue weighted by molar-refractivity contribution is -0.141. The molecule has 3 aromatic carbocycles. The van der Waals surface area contributed by atoms with Crippen molar-refractivity contribution in [2.24, 2.45) is 5.73 Å². The van der Waals surface area contributed by atoms with Crippen molar-refractivity contribution in [1.29, 1.82) is 5.41 Å². The van der Waals surface area contributed by atoms with E-state index in [1.807, 2.05) is 83.5 Å². The fourth-order valence-electron chi connectivity index (χ4n) is 4.68. The van der Waals surface area contributed by atoms with Gasteiger partial charge in [-0.1, -0.05) is 54.6 Å². The predicted octanol–water partition coefficient (Wildman–Crippen LogP) is 4.45. The van der Waals surface area contributed by atoms with Gasteiger partial charge in [-0.2, -0.15) is 0 Å². The summed E-state index contributed by atoms with van der Waals surface area (Å²) in [6.45, 7) is 3.60. The van der Waals surface area contributed by atoms with Crippen LogP contribution in [0.5, 0.6) is 0 Å². The molecule has 0 aromatic heterocycles. The van der Waals surface area contributed by atoms with E-state index in [4.69, 9.17) is 15.9 Å². The highest BCUT2D eigenvalue weighted by Crippen LogP contribution is 2.32. The molecule has 7 nitrogen and oxygen atoms in total. The second-order valence-electron chi connectivity index (χ2n) is 9.22. The predicted molar refractivity (Wildman–Crippen MR) is 147 cm³/mol. The van der Waals surface area contributed by atoms with Crippen LogP contribution in [-0.4, -0.2) is 37.4 Å². The first-order valence-electron chi connectivity index (χ1n) is 12.8. The van der Waals surface area contributed by atoms with E-state index < -0.39 is 0 Å². The van der Waals surface area contributed by atoms with Gasteiger partial charge in [0.2, 0.25) is 5.91 Å². The SMILES string of the molecule is CCOC(=O)CN(Cc1ccccc1)c1ccc2c(c1)CCCN2C(=O)CCc1ccc(C(=N)N)cc1. The molecule has 0 unspecified atom stereocenters. The van der Waals surface area contributed by atoms with Crippen LogP contribution >= 0.6 is 0 Å². The summed E-state index contributed by atoms with van der Waals surface area (Å²) in [7, 11) is 0. The lowest BCUT2D eigenvalue weighted by atomic mass is 9.99. The van der Waals surface area contributed by atoms with Gasteiger partial charge >= 0.3 is 5.97 Å². The fourth-order valence-corrected chi connectivity index (χ4v) is 4.68. The number of carbonyl (C=O) groups is 2. The number of aryl methyl sites for hydroxylation is 2. The number of ether oxygens (including phenoxy) is 1. The normalized spacial score (nSPS) is 12.5. The highest BCUT2D eigenvalue weighted by atomic mass is 16.5. The number of rotatable bonds is 10. The summed E-state index contributed by atoms with van der Waals surface area (Å²) in [6, 6.07) is 23.6. The Labute approximate surface area is 218 Å². The molecule has 0 saturated heterocycles. The van der Waals surface area contributed by atoms with E-state index in [-0.39, 0.29) is 24.3 Å². The number of nitrogens with two attached hydrogens (primary N) is 1. The number of amidine groups is 1. The molecule has 0 bridgehead atoms. The standard InChI is InChI=1S/C30H34N4O3/c1-2-37-29(36)21-33(20-23-7-4-3-5-8-23)26-15-16-27-25(19-26)9-6-18-34(27)28(35)17-12-22-10-13-24(14-11-22)30(31)32/h3-5,7-8,10-11,13-16,19H,2,6,9,12,17-18,20-21H2,1H3,(H3,31,32). The van der Waals surface area contributed by atoms with Crippen molar-refractivity contribution in [1.82, 2.24) is 0 Å². The average molecular weight is 499 g/mol. The number of fused-ring (bicyclic) bond motifs is 1. The van der Waals surface area contributed by atoms with Gasteiger partial charge in [0.25, 0.3) is 0 Å². The van der Waals surface area contributed by atoms with E-state index in [0.29, 0.717) is 38.1 Å². The minimum Gasteiger partial charge on any atom is -0.465 e. The zero-order chi connectivity index (χ0) is 26.2. The molecule has 1 aliphatic rings. The van der Waals surface area contributed by atoms with E-state index in [2.05, 4.69) is 6.07 Å². The molecule has 4 rings (SSSR count). The number of esters is 1. The Kier molecular flexibility index (Phi) is 8.56. The lowest BCUT2D eigenvalue weighted by Gasteiger charge is -2.32. The second-order valence-corrected chi connectivity index (χ2v) is 9.22. The lowest BCUT2D eigenvalue weighted by Crippen LogP contribution is -2.36. The van der Waals surface area contributed by atoms with Gasteiger partial charge < -0.3 is 20.3 Å². The minimum atomic E-state index is -0.260. The Morgan fingerprint density at radius 1 is 1.03 bits per heavy atom. The molecule has 0 radical (unpaired) electrons. The van der Waals surface area contributed by atoms with Crippen molar-refractivity contribution in [3.8, 4) is 0 Å². The summed E-state index contributed by atoms with van der Waals surface area (Å²) in [5, 5.41) is 7.52. The summed E-state index contributed by atoms with van der Waals surface area (Å²) in [5.41, 5.74) is 11.4. The highest BCUT2D eigenvalue weighted by Gasteiger charge is 2.24. The molecule has 0 fully saturated rings. The first-order chi connectivity index (χ1) is 17.9. The van der Waals surface area contributed by atoms with E-state index in [0.717, 1.165) is 40.9 Å². The zero-order valence-electron chi connectivity index (χ0n) is 21.3. The summed E-state index contributed by atoms with van der Waals surface area (Å²) in [4.78, 5) is 29.5. The van der Waals surface area contributed by atoms with Crippen molar-refractivity contribution >= 4 is 29.1 Å². The number of nitrogens with zero attached hydrogens (tertiary/aromatic N) is 2. The number of hydrogen-bond donors (Lipinski definition) is 2. The first-order valence-corrected chi connectivity index (χ1v) is 12.8. The van der Waals surface area contributed by atoms with Gasteiger partial charge in [-0.3, -0.25) is 15.0 Å². The molecule has 1 heterocycles. The molecular weight excluding hydrogens is 464 g/mol. The second kappa shape index (κ2) is 12.2. The van der Waals surface area contributed by atoms with Crippen molar-refractivity contribution < 1.29 is 14.3 Å². The maximum Gasteiger partial charge on any atom is 0.325 e. The Balaban J connectivity index is 1.49. The third kappa shape index (κ3) is 6.76. The molecule has 0 spiro atoms. The third-order valence-corrected chi connectivity index (χ3v) is 6.58. The van der Waals surface area contributed by atoms with E-state index in [1.54, 1.807) is 0 Å². The van der Waals surface area contributed by atoms with Crippen molar-refractivity contribution in [2.45, 2.75) is 39.2 Å². The third-order valence-electron chi connectivity index (χ3n) is 6.58. The van der Waals surface area contributed by atoms with Crippen LogP contribution in [0.25, 0.3) is 0 Å². The Morgan fingerprint density at radius 2 is 1.78 bits per heavy atom. The number of nitrogen functional groups attached to an aromatic ring is 1. The van der Waals surface area contributed by atoms with Gasteiger partial charge in [-0.05, 0) is 61.1 Å². The summed E-state index contributed by atoms with van der Waals surface area (Å²) < 4.78 is 5.22. The first kappa shape index (κ1) is 25.9. The van der Waals surface area contributed by atoms with Crippen LogP contribution in [0, 0.1) is 5.41 Å². The van der Waals surface area contributed by atoms with Crippen LogP contribution in [0.1, 0.15) is 42.0 Å². The van der Waals surface area contributed by atoms with Gasteiger partial charge in [0.15, 0.2) is 0 Å². The van der Waals surface area contributed by atoms with Crippen molar-refractivity contribution in [3.05, 3.63) is 95.1 Å². The van der Waals surface area contributed by atoms with Gasteiger partial charge in [-0.15, -0.1) is 0 Å². The Bertz CT molecular complexity index is 1240. The number of anilines is 2. The van der Waals surface area contributed by atoms with E-state index in [9.17, 15) is 9.59 Å². The summed E-state index contributed by atoms with van der Waals surface area (Å²) >= 11 is 0. The molecule has 1 aliphatic heterocycles. The van der Waals surface area contributed by atoms with Crippen molar-refractivity contribution in [2.75, 3.05) is 29.5 Å². The topological polar surface area (TPSA) is 99.7 Å². The van der Waals surface area contributed by atoms with Crippen LogP contribution in [0.2, 0.25) is 0 Å². The smallest absolute Gasteiger partial charge is 0.325 e. The molecule has 37 heavy (non-hydrogen) atoms. The molecule has 7 heteroatoms. The van der Waals surface area contributed by atoms with Gasteiger partial charge in [-0.25, -0.2) is 0 Å². The molecular formula is C30H34N4O3. The van der Waals surface area contributed by atoms with Gasteiger partial charge in [0.1, 0.15) is 12.4 Å². The molecule has 3 N–H and O–H groups in total. The van der Waals surface area contributed by atoms with Crippen molar-refractivity contribution in [3.63, 3.8) is 0 Å². The van der Waals surface area contributed by atoms with Crippen LogP contribution in [0.15, 0.2) is 72.8 Å². The number of benzene rings is 3. The molecule has 0 saturated carbocycles. The average Bonchev–Trinajstić information content (AvgIpc) is 2.91. The number of carbonyl (C=O) groups excluding carboxylic acids is 2. The highest BCUT2D eigenvalue weighted by molar-refractivity contribution is 5.96. The molecule has 0 aliphatic carbocycles. The maximum absolute atomic E-state index is 13.2. The number of amides is 1. The fraction of sp³-hybridized carbons (Fsp3) is 0.300. The number of nitrogens with one attached hydrogen (secondary N) is 1. The summed E-state index contributed by atoms with van der Waals surface area (Å²) in [5.74, 6) is -0.127. The van der Waals surface area contributed by atoms with Crippen LogP contribution in [0.3, 0.4) is 0 Å². The Hall–Kier alpha value is -4.13. The number of hydrogen-bond acceptors (Lipinski definition) is 5.